The Labute approximate surface area is 153 Å². The Hall–Kier alpha value is -1.93. The molecular weight excluding hydrogens is 358 g/mol. The lowest BCUT2D eigenvalue weighted by atomic mass is 9.94. The zero-order chi connectivity index (χ0) is 18.9. The standard InChI is InChI=1S/C18H23NO6S/c1-12-8-13(2)11-19(10-12)26(22,23)15-5-3-4-14(9-15)17(20)25-16-6-7-24-18(16)21/h3-5,9,12-13,16H,6-8,10-11H2,1-2H3. The molecule has 3 atom stereocenters. The van der Waals surface area contributed by atoms with Crippen molar-refractivity contribution in [1.82, 2.24) is 4.31 Å². The second kappa shape index (κ2) is 7.36. The molecule has 0 bridgehead atoms. The van der Waals surface area contributed by atoms with E-state index in [1.807, 2.05) is 13.8 Å². The number of piperidine rings is 1. The number of cyclic esters (lactones) is 1. The van der Waals surface area contributed by atoms with E-state index in [4.69, 9.17) is 9.47 Å². The summed E-state index contributed by atoms with van der Waals surface area (Å²) in [6, 6.07) is 5.76. The first-order valence-electron chi connectivity index (χ1n) is 8.75. The van der Waals surface area contributed by atoms with Gasteiger partial charge in [-0.25, -0.2) is 18.0 Å². The highest BCUT2D eigenvalue weighted by Crippen LogP contribution is 2.27. The minimum absolute atomic E-state index is 0.0576. The quantitative estimate of drug-likeness (QED) is 0.739. The maximum atomic E-state index is 12.9. The number of esters is 2. The highest BCUT2D eigenvalue weighted by molar-refractivity contribution is 7.89. The zero-order valence-corrected chi connectivity index (χ0v) is 15.7. The molecule has 7 nitrogen and oxygen atoms in total. The first-order valence-corrected chi connectivity index (χ1v) is 10.2. The van der Waals surface area contributed by atoms with E-state index in [1.165, 1.54) is 28.6 Å². The summed E-state index contributed by atoms with van der Waals surface area (Å²) in [5.74, 6) is -0.727. The Bertz CT molecular complexity index is 796. The molecule has 1 aromatic rings. The number of rotatable bonds is 4. The second-order valence-electron chi connectivity index (χ2n) is 7.15. The first-order chi connectivity index (χ1) is 12.3. The van der Waals surface area contributed by atoms with Gasteiger partial charge < -0.3 is 9.47 Å². The fourth-order valence-corrected chi connectivity index (χ4v) is 5.24. The van der Waals surface area contributed by atoms with Crippen molar-refractivity contribution < 1.29 is 27.5 Å². The Morgan fingerprint density at radius 3 is 2.54 bits per heavy atom. The van der Waals surface area contributed by atoms with Gasteiger partial charge in [-0.15, -0.1) is 0 Å². The summed E-state index contributed by atoms with van der Waals surface area (Å²) in [5.41, 5.74) is 0.101. The summed E-state index contributed by atoms with van der Waals surface area (Å²) in [5, 5.41) is 0. The predicted molar refractivity (Wildman–Crippen MR) is 92.9 cm³/mol. The van der Waals surface area contributed by atoms with Crippen LogP contribution in [0.5, 0.6) is 0 Å². The molecule has 2 saturated heterocycles. The molecule has 0 saturated carbocycles. The van der Waals surface area contributed by atoms with Gasteiger partial charge in [-0.2, -0.15) is 4.31 Å². The van der Waals surface area contributed by atoms with Crippen molar-refractivity contribution in [2.24, 2.45) is 11.8 Å². The Balaban J connectivity index is 1.79. The summed E-state index contributed by atoms with van der Waals surface area (Å²) in [6.07, 6.45) is 0.383. The molecule has 2 aliphatic rings. The predicted octanol–water partition coefficient (Wildman–Crippen LogP) is 1.83. The molecule has 0 N–H and O–H groups in total. The SMILES string of the molecule is CC1CC(C)CN(S(=O)(=O)c2cccc(C(=O)OC3CCOC3=O)c2)C1. The van der Waals surface area contributed by atoms with Gasteiger partial charge in [0.15, 0.2) is 0 Å². The number of hydrogen-bond acceptors (Lipinski definition) is 6. The summed E-state index contributed by atoms with van der Waals surface area (Å²) in [7, 11) is -3.69. The van der Waals surface area contributed by atoms with Gasteiger partial charge in [0.25, 0.3) is 0 Å². The molecule has 3 unspecified atom stereocenters. The van der Waals surface area contributed by atoms with Gasteiger partial charge in [0.2, 0.25) is 16.1 Å². The van der Waals surface area contributed by atoms with Crippen LogP contribution >= 0.6 is 0 Å². The third-order valence-electron chi connectivity index (χ3n) is 4.68. The molecule has 0 aliphatic carbocycles. The summed E-state index contributed by atoms with van der Waals surface area (Å²) >= 11 is 0. The Morgan fingerprint density at radius 1 is 1.23 bits per heavy atom. The molecule has 2 aliphatic heterocycles. The van der Waals surface area contributed by atoms with E-state index in [0.29, 0.717) is 19.5 Å². The summed E-state index contributed by atoms with van der Waals surface area (Å²) in [4.78, 5) is 23.8. The van der Waals surface area contributed by atoms with Gasteiger partial charge in [-0.1, -0.05) is 19.9 Å². The molecule has 0 aromatic heterocycles. The normalized spacial score (nSPS) is 27.2. The number of sulfonamides is 1. The van der Waals surface area contributed by atoms with Gasteiger partial charge >= 0.3 is 11.9 Å². The van der Waals surface area contributed by atoms with Crippen LogP contribution in [0.1, 0.15) is 37.0 Å². The van der Waals surface area contributed by atoms with Gasteiger partial charge in [0.1, 0.15) is 0 Å². The van der Waals surface area contributed by atoms with E-state index in [-0.39, 0.29) is 28.9 Å². The van der Waals surface area contributed by atoms with Crippen molar-refractivity contribution in [2.45, 2.75) is 37.7 Å². The van der Waals surface area contributed by atoms with Crippen LogP contribution in [-0.4, -0.2) is 50.5 Å². The van der Waals surface area contributed by atoms with Crippen LogP contribution in [0.4, 0.5) is 0 Å². The average molecular weight is 381 g/mol. The molecule has 0 radical (unpaired) electrons. The molecule has 3 rings (SSSR count). The third kappa shape index (κ3) is 3.91. The maximum absolute atomic E-state index is 12.9. The van der Waals surface area contributed by atoms with Crippen LogP contribution in [-0.2, 0) is 24.3 Å². The van der Waals surface area contributed by atoms with Gasteiger partial charge in [-0.05, 0) is 36.5 Å². The number of ether oxygens (including phenoxy) is 2. The average Bonchev–Trinajstić information content (AvgIpc) is 2.99. The lowest BCUT2D eigenvalue weighted by molar-refractivity contribution is -0.145. The van der Waals surface area contributed by atoms with E-state index in [2.05, 4.69) is 0 Å². The Kier molecular flexibility index (Phi) is 5.34. The third-order valence-corrected chi connectivity index (χ3v) is 6.51. The van der Waals surface area contributed by atoms with E-state index in [1.54, 1.807) is 0 Å². The smallest absolute Gasteiger partial charge is 0.347 e. The van der Waals surface area contributed by atoms with Crippen molar-refractivity contribution in [1.29, 1.82) is 0 Å². The number of carbonyl (C=O) groups excluding carboxylic acids is 2. The van der Waals surface area contributed by atoms with Crippen molar-refractivity contribution in [3.63, 3.8) is 0 Å². The highest BCUT2D eigenvalue weighted by atomic mass is 32.2. The van der Waals surface area contributed by atoms with Crippen LogP contribution in [0.3, 0.4) is 0 Å². The van der Waals surface area contributed by atoms with Gasteiger partial charge in [0, 0.05) is 19.5 Å². The fraction of sp³-hybridized carbons (Fsp3) is 0.556. The van der Waals surface area contributed by atoms with Crippen LogP contribution < -0.4 is 0 Å². The molecule has 0 spiro atoms. The molecule has 2 heterocycles. The summed E-state index contributed by atoms with van der Waals surface area (Å²) in [6.45, 7) is 5.22. The maximum Gasteiger partial charge on any atom is 0.347 e. The number of hydrogen-bond donors (Lipinski definition) is 0. The molecule has 1 aromatic carbocycles. The first kappa shape index (κ1) is 18.8. The Morgan fingerprint density at radius 2 is 1.92 bits per heavy atom. The van der Waals surface area contributed by atoms with Crippen molar-refractivity contribution in [2.75, 3.05) is 19.7 Å². The van der Waals surface area contributed by atoms with Crippen molar-refractivity contribution in [3.05, 3.63) is 29.8 Å². The van der Waals surface area contributed by atoms with Crippen LogP contribution in [0, 0.1) is 11.8 Å². The minimum atomic E-state index is -3.69. The van der Waals surface area contributed by atoms with Gasteiger partial charge in [-0.3, -0.25) is 0 Å². The topological polar surface area (TPSA) is 90.0 Å². The lowest BCUT2D eigenvalue weighted by Crippen LogP contribution is -2.42. The number of benzene rings is 1. The fourth-order valence-electron chi connectivity index (χ4n) is 3.52. The highest BCUT2D eigenvalue weighted by Gasteiger charge is 2.33. The minimum Gasteiger partial charge on any atom is -0.463 e. The van der Waals surface area contributed by atoms with E-state index >= 15 is 0 Å². The van der Waals surface area contributed by atoms with E-state index in [0.717, 1.165) is 6.42 Å². The van der Waals surface area contributed by atoms with Gasteiger partial charge in [0.05, 0.1) is 17.1 Å². The second-order valence-corrected chi connectivity index (χ2v) is 9.08. The number of carbonyl (C=O) groups is 2. The molecule has 142 valence electrons. The molecular formula is C18H23NO6S. The lowest BCUT2D eigenvalue weighted by Gasteiger charge is -2.34. The molecule has 26 heavy (non-hydrogen) atoms. The number of nitrogens with zero attached hydrogens (tertiary/aromatic N) is 1. The zero-order valence-electron chi connectivity index (χ0n) is 14.9. The van der Waals surface area contributed by atoms with E-state index in [9.17, 15) is 18.0 Å². The molecule has 8 heteroatoms. The largest absolute Gasteiger partial charge is 0.463 e. The monoisotopic (exact) mass is 381 g/mol. The molecule has 2 fully saturated rings. The van der Waals surface area contributed by atoms with Crippen molar-refractivity contribution >= 4 is 22.0 Å². The van der Waals surface area contributed by atoms with E-state index < -0.39 is 28.1 Å². The molecule has 0 amide bonds. The van der Waals surface area contributed by atoms with Crippen LogP contribution in [0.15, 0.2) is 29.2 Å². The van der Waals surface area contributed by atoms with Crippen molar-refractivity contribution in [3.8, 4) is 0 Å². The van der Waals surface area contributed by atoms with Crippen LogP contribution in [0.2, 0.25) is 0 Å². The summed E-state index contributed by atoms with van der Waals surface area (Å²) < 4.78 is 37.3. The van der Waals surface area contributed by atoms with Crippen LogP contribution in [0.25, 0.3) is 0 Å².